The van der Waals surface area contributed by atoms with Gasteiger partial charge >= 0.3 is 0 Å². The fourth-order valence-electron chi connectivity index (χ4n) is 3.82. The first-order chi connectivity index (χ1) is 16.7. The Kier molecular flexibility index (Phi) is 5.75. The van der Waals surface area contributed by atoms with Gasteiger partial charge in [-0.25, -0.2) is 17.8 Å². The minimum atomic E-state index is -3.44. The molecule has 5 rings (SSSR count). The van der Waals surface area contributed by atoms with E-state index in [1.807, 2.05) is 6.07 Å². The zero-order valence-electron chi connectivity index (χ0n) is 18.0. The van der Waals surface area contributed by atoms with Crippen LogP contribution in [0.2, 0.25) is 10.0 Å². The summed E-state index contributed by atoms with van der Waals surface area (Å²) in [6.45, 7) is 1.94. The Bertz CT molecular complexity index is 1620. The Morgan fingerprint density at radius 3 is 2.60 bits per heavy atom. The van der Waals surface area contributed by atoms with E-state index in [9.17, 15) is 18.1 Å². The van der Waals surface area contributed by atoms with Crippen LogP contribution in [-0.2, 0) is 10.0 Å². The van der Waals surface area contributed by atoms with Gasteiger partial charge in [0.1, 0.15) is 17.9 Å². The number of nitrogens with zero attached hydrogens (tertiary/aromatic N) is 5. The maximum absolute atomic E-state index is 14.8. The average molecular weight is 533 g/mol. The predicted octanol–water partition coefficient (Wildman–Crippen LogP) is 4.63. The molecule has 1 N–H and O–H groups in total. The summed E-state index contributed by atoms with van der Waals surface area (Å²) in [5.74, 6) is -0.616. The molecule has 35 heavy (non-hydrogen) atoms. The summed E-state index contributed by atoms with van der Waals surface area (Å²) < 4.78 is 45.7. The molecule has 1 aliphatic rings. The van der Waals surface area contributed by atoms with Crippen molar-refractivity contribution in [1.82, 2.24) is 20.2 Å². The molecule has 1 fully saturated rings. The number of aromatic nitrogens is 4. The number of anilines is 1. The molecule has 0 spiro atoms. The minimum Gasteiger partial charge on any atom is -0.483 e. The number of fused-ring (bicyclic) bond motifs is 1. The van der Waals surface area contributed by atoms with Crippen molar-refractivity contribution in [2.75, 3.05) is 16.6 Å². The highest BCUT2D eigenvalue weighted by atomic mass is 35.5. The lowest BCUT2D eigenvalue weighted by Crippen LogP contribution is -2.48. The van der Waals surface area contributed by atoms with Crippen molar-refractivity contribution in [3.05, 3.63) is 63.8 Å². The summed E-state index contributed by atoms with van der Waals surface area (Å²) in [6, 6.07) is 6.20. The van der Waals surface area contributed by atoms with Gasteiger partial charge in [-0.15, -0.1) is 0 Å². The van der Waals surface area contributed by atoms with Crippen molar-refractivity contribution in [2.24, 2.45) is 0 Å². The van der Waals surface area contributed by atoms with Crippen LogP contribution in [0.15, 0.2) is 36.8 Å². The van der Waals surface area contributed by atoms with Crippen molar-refractivity contribution in [2.45, 2.75) is 13.0 Å². The first-order valence-corrected chi connectivity index (χ1v) is 12.6. The van der Waals surface area contributed by atoms with Gasteiger partial charge < -0.3 is 4.74 Å². The summed E-state index contributed by atoms with van der Waals surface area (Å²) in [6.07, 6.45) is 3.57. The fourth-order valence-corrected chi connectivity index (χ4v) is 5.57. The first kappa shape index (κ1) is 23.3. The van der Waals surface area contributed by atoms with Crippen molar-refractivity contribution < 1.29 is 17.5 Å². The largest absolute Gasteiger partial charge is 0.483 e. The van der Waals surface area contributed by atoms with Crippen LogP contribution in [-0.4, -0.2) is 40.9 Å². The molecule has 0 aliphatic carbocycles. The molecule has 4 heterocycles. The number of nitriles is 1. The molecule has 13 heteroatoms. The molecule has 0 saturated carbocycles. The number of pyridine rings is 2. The number of H-pyrrole nitrogens is 1. The third-order valence-corrected chi connectivity index (χ3v) is 7.93. The van der Waals surface area contributed by atoms with Crippen molar-refractivity contribution in [1.29, 1.82) is 5.26 Å². The van der Waals surface area contributed by atoms with Crippen molar-refractivity contribution in [3.8, 4) is 23.1 Å². The second-order valence-electron chi connectivity index (χ2n) is 7.77. The van der Waals surface area contributed by atoms with Gasteiger partial charge in [0.2, 0.25) is 10.0 Å². The molecule has 1 atom stereocenters. The lowest BCUT2D eigenvalue weighted by Gasteiger charge is -2.31. The number of benzene rings is 1. The molecule has 1 aromatic carbocycles. The summed E-state index contributed by atoms with van der Waals surface area (Å²) in [5.41, 5.74) is 1.77. The lowest BCUT2D eigenvalue weighted by molar-refractivity contribution is 0.217. The number of rotatable bonds is 5. The highest BCUT2D eigenvalue weighted by Crippen LogP contribution is 2.37. The van der Waals surface area contributed by atoms with E-state index in [0.717, 1.165) is 4.31 Å². The monoisotopic (exact) mass is 532 g/mol. The molecule has 1 saturated heterocycles. The molecule has 3 aromatic heterocycles. The van der Waals surface area contributed by atoms with Crippen LogP contribution in [0.3, 0.4) is 0 Å². The molecule has 9 nitrogen and oxygen atoms in total. The van der Waals surface area contributed by atoms with Gasteiger partial charge in [0.05, 0.1) is 33.4 Å². The molecule has 0 unspecified atom stereocenters. The second-order valence-corrected chi connectivity index (χ2v) is 10.6. The van der Waals surface area contributed by atoms with E-state index in [4.69, 9.17) is 27.9 Å². The maximum atomic E-state index is 14.8. The van der Waals surface area contributed by atoms with E-state index in [1.165, 1.54) is 36.8 Å². The normalized spacial score (nSPS) is 15.5. The van der Waals surface area contributed by atoms with Crippen LogP contribution in [0.5, 0.6) is 5.75 Å². The third-order valence-electron chi connectivity index (χ3n) is 5.60. The van der Waals surface area contributed by atoms with Crippen LogP contribution < -0.4 is 9.04 Å². The number of hydrogen-bond acceptors (Lipinski definition) is 7. The highest BCUT2D eigenvalue weighted by Gasteiger charge is 2.35. The van der Waals surface area contributed by atoms with Gasteiger partial charge in [-0.1, -0.05) is 23.2 Å². The van der Waals surface area contributed by atoms with Gasteiger partial charge in [0, 0.05) is 41.2 Å². The Hall–Kier alpha value is -3.46. The Labute approximate surface area is 209 Å². The van der Waals surface area contributed by atoms with Crippen LogP contribution in [0.4, 0.5) is 10.2 Å². The van der Waals surface area contributed by atoms with E-state index in [0.29, 0.717) is 27.7 Å². The van der Waals surface area contributed by atoms with E-state index in [2.05, 4.69) is 20.2 Å². The molecule has 1 aliphatic heterocycles. The molecular formula is C22H15Cl2FN6O3S. The summed E-state index contributed by atoms with van der Waals surface area (Å²) in [5, 5.41) is 17.7. The zero-order chi connectivity index (χ0) is 24.9. The molecule has 4 aromatic rings. The molecule has 0 radical (unpaired) electrons. The molecule has 0 amide bonds. The zero-order valence-corrected chi connectivity index (χ0v) is 20.3. The number of aromatic amines is 1. The fraction of sp³-hybridized carbons (Fsp3) is 0.182. The van der Waals surface area contributed by atoms with E-state index < -0.39 is 21.9 Å². The average Bonchev–Trinajstić information content (AvgIpc) is 3.21. The van der Waals surface area contributed by atoms with Gasteiger partial charge in [-0.2, -0.15) is 10.4 Å². The smallest absolute Gasteiger partial charge is 0.238 e. The van der Waals surface area contributed by atoms with Crippen molar-refractivity contribution >= 4 is 49.9 Å². The van der Waals surface area contributed by atoms with Gasteiger partial charge in [-0.05, 0) is 19.1 Å². The molecular weight excluding hydrogens is 518 g/mol. The topological polar surface area (TPSA) is 125 Å². The van der Waals surface area contributed by atoms with Crippen LogP contribution >= 0.6 is 23.2 Å². The number of sulfonamides is 1. The second kappa shape index (κ2) is 8.64. The van der Waals surface area contributed by atoms with E-state index in [-0.39, 0.29) is 39.5 Å². The third kappa shape index (κ3) is 4.03. The summed E-state index contributed by atoms with van der Waals surface area (Å²) >= 11 is 12.4. The number of halogens is 3. The SMILES string of the molecule is C[C@@H](Oc1cc2c(-c3cnc(N4CCS4(=O)=O)c(C#N)c3)n[nH]c2cc1F)c1c(Cl)cncc1Cl. The summed E-state index contributed by atoms with van der Waals surface area (Å²) in [7, 11) is -3.44. The summed E-state index contributed by atoms with van der Waals surface area (Å²) in [4.78, 5) is 8.11. The first-order valence-electron chi connectivity index (χ1n) is 10.2. The van der Waals surface area contributed by atoms with Crippen LogP contribution in [0.25, 0.3) is 22.2 Å². The Morgan fingerprint density at radius 2 is 1.97 bits per heavy atom. The van der Waals surface area contributed by atoms with Crippen molar-refractivity contribution in [3.63, 3.8) is 0 Å². The van der Waals surface area contributed by atoms with E-state index in [1.54, 1.807) is 6.92 Å². The van der Waals surface area contributed by atoms with Crippen LogP contribution in [0, 0.1) is 17.1 Å². The Balaban J connectivity index is 1.53. The quantitative estimate of drug-likeness (QED) is 0.397. The minimum absolute atomic E-state index is 0.00792. The lowest BCUT2D eigenvalue weighted by atomic mass is 10.1. The number of nitrogens with one attached hydrogen (secondary N) is 1. The molecule has 178 valence electrons. The Morgan fingerprint density at radius 1 is 1.23 bits per heavy atom. The maximum Gasteiger partial charge on any atom is 0.238 e. The number of ether oxygens (including phenoxy) is 1. The van der Waals surface area contributed by atoms with E-state index >= 15 is 0 Å². The van der Waals surface area contributed by atoms with Gasteiger partial charge in [0.25, 0.3) is 0 Å². The standard InChI is InChI=1S/C22H15Cl2FN6O3S/c1-11(20-15(23)9-27-10-16(20)24)34-19-5-14-18(6-17(19)25)29-30-21(14)13-4-12(7-26)22(28-8-13)31-2-3-35(31,32)33/h4-6,8-11H,2-3H2,1H3,(H,29,30)/t11-/m1/s1. The highest BCUT2D eigenvalue weighted by molar-refractivity contribution is 7.94. The van der Waals surface area contributed by atoms with Gasteiger partial charge in [-0.3, -0.25) is 14.4 Å². The van der Waals surface area contributed by atoms with Crippen LogP contribution in [0.1, 0.15) is 24.2 Å². The number of hydrogen-bond donors (Lipinski definition) is 1. The van der Waals surface area contributed by atoms with Gasteiger partial charge in [0.15, 0.2) is 17.4 Å². The predicted molar refractivity (Wildman–Crippen MR) is 128 cm³/mol. The molecule has 0 bridgehead atoms.